The predicted octanol–water partition coefficient (Wildman–Crippen LogP) is 0.786. The van der Waals surface area contributed by atoms with Crippen LogP contribution in [0, 0.1) is 0 Å². The van der Waals surface area contributed by atoms with Crippen LogP contribution >= 0.6 is 0 Å². The summed E-state index contributed by atoms with van der Waals surface area (Å²) in [5, 5.41) is 2.24. The highest BCUT2D eigenvalue weighted by molar-refractivity contribution is 6.01. The highest BCUT2D eigenvalue weighted by Gasteiger charge is 2.33. The van der Waals surface area contributed by atoms with Crippen molar-refractivity contribution in [2.75, 3.05) is 13.7 Å². The molecule has 0 spiro atoms. The zero-order chi connectivity index (χ0) is 17.3. The molecular formula is C15H24N2O5. The molecule has 124 valence electrons. The molecule has 0 aliphatic carbocycles. The molecule has 1 unspecified atom stereocenters. The zero-order valence-electron chi connectivity index (χ0n) is 13.8. The van der Waals surface area contributed by atoms with Crippen LogP contribution in [0.15, 0.2) is 11.8 Å². The van der Waals surface area contributed by atoms with Gasteiger partial charge in [-0.25, -0.2) is 0 Å². The van der Waals surface area contributed by atoms with Crippen LogP contribution in [-0.2, 0) is 23.9 Å². The largest absolute Gasteiger partial charge is 0.377 e. The lowest BCUT2D eigenvalue weighted by Gasteiger charge is -2.32. The molecule has 1 atom stereocenters. The molecule has 1 aliphatic rings. The maximum absolute atomic E-state index is 11.6. The molecule has 1 aliphatic heterocycles. The van der Waals surface area contributed by atoms with E-state index in [2.05, 4.69) is 10.1 Å². The van der Waals surface area contributed by atoms with Crippen molar-refractivity contribution in [2.45, 2.75) is 46.6 Å². The minimum absolute atomic E-state index is 0.0671. The van der Waals surface area contributed by atoms with Gasteiger partial charge in [-0.15, -0.1) is 0 Å². The van der Waals surface area contributed by atoms with Crippen LogP contribution in [0.2, 0.25) is 0 Å². The van der Waals surface area contributed by atoms with E-state index in [9.17, 15) is 19.2 Å². The van der Waals surface area contributed by atoms with Crippen molar-refractivity contribution in [3.05, 3.63) is 11.8 Å². The zero-order valence-corrected chi connectivity index (χ0v) is 13.8. The smallest absolute Gasteiger partial charge is 0.249 e. The predicted molar refractivity (Wildman–Crippen MR) is 80.7 cm³/mol. The summed E-state index contributed by atoms with van der Waals surface area (Å²) in [4.78, 5) is 45.5. The Balaban J connectivity index is 0.000000626. The van der Waals surface area contributed by atoms with Crippen LogP contribution in [0.5, 0.6) is 0 Å². The number of amides is 3. The monoisotopic (exact) mass is 312 g/mol. The summed E-state index contributed by atoms with van der Waals surface area (Å²) in [6.45, 7) is 6.71. The summed E-state index contributed by atoms with van der Waals surface area (Å²) < 4.78 is 4.45. The van der Waals surface area contributed by atoms with Crippen molar-refractivity contribution in [3.8, 4) is 0 Å². The van der Waals surface area contributed by atoms with Gasteiger partial charge in [-0.05, 0) is 27.2 Å². The number of ether oxygens (including phenoxy) is 1. The standard InChI is InChI=1S/C11H16N2O3.C4H8O2/c1-4-7(2)13(8(3)14)9-5-6-10(15)12-11(9)16;1-4(5)3-6-2/h4,9H,5-6H2,1-3H3,(H,12,15,16);3H2,1-2H3/b7-4-;. The lowest BCUT2D eigenvalue weighted by molar-refractivity contribution is -0.143. The summed E-state index contributed by atoms with van der Waals surface area (Å²) in [7, 11) is 1.50. The number of nitrogens with zero attached hydrogens (tertiary/aromatic N) is 1. The summed E-state index contributed by atoms with van der Waals surface area (Å²) in [6.07, 6.45) is 2.43. The molecule has 1 N–H and O–H groups in total. The number of rotatable bonds is 4. The lowest BCUT2D eigenvalue weighted by Crippen LogP contribution is -2.53. The third-order valence-corrected chi connectivity index (χ3v) is 3.01. The molecule has 1 fully saturated rings. The summed E-state index contributed by atoms with van der Waals surface area (Å²) in [6, 6.07) is -0.564. The van der Waals surface area contributed by atoms with Crippen LogP contribution in [0.1, 0.15) is 40.5 Å². The second kappa shape index (κ2) is 9.83. The van der Waals surface area contributed by atoms with Gasteiger partial charge in [0.25, 0.3) is 0 Å². The van der Waals surface area contributed by atoms with Gasteiger partial charge in [-0.1, -0.05) is 6.08 Å². The average Bonchev–Trinajstić information content (AvgIpc) is 2.41. The molecule has 0 bridgehead atoms. The Hall–Kier alpha value is -2.02. The van der Waals surface area contributed by atoms with Gasteiger partial charge in [0.1, 0.15) is 12.6 Å². The number of hydrogen-bond acceptors (Lipinski definition) is 5. The van der Waals surface area contributed by atoms with Crippen LogP contribution in [0.25, 0.3) is 0 Å². The molecule has 0 aromatic heterocycles. The first kappa shape index (κ1) is 20.0. The molecule has 0 aromatic rings. The van der Waals surface area contributed by atoms with Gasteiger partial charge in [0.05, 0.1) is 0 Å². The molecule has 7 heteroatoms. The van der Waals surface area contributed by atoms with Gasteiger partial charge in [0.15, 0.2) is 5.78 Å². The summed E-state index contributed by atoms with van der Waals surface area (Å²) in [5.41, 5.74) is 0.724. The van der Waals surface area contributed by atoms with Gasteiger partial charge in [0, 0.05) is 26.2 Å². The first-order chi connectivity index (χ1) is 10.2. The van der Waals surface area contributed by atoms with E-state index in [1.165, 1.54) is 25.9 Å². The number of Topliss-reactive ketones (excluding diaryl/α,β-unsaturated/α-hetero) is 1. The molecule has 1 rings (SSSR count). The SMILES string of the molecule is C/C=C(/C)N(C(C)=O)C1CCC(=O)NC1=O.COCC(C)=O. The van der Waals surface area contributed by atoms with Crippen LogP contribution in [0.3, 0.4) is 0 Å². The van der Waals surface area contributed by atoms with Gasteiger partial charge in [0.2, 0.25) is 17.7 Å². The molecule has 0 aromatic carbocycles. The topological polar surface area (TPSA) is 92.8 Å². The number of imide groups is 1. The molecule has 22 heavy (non-hydrogen) atoms. The van der Waals surface area contributed by atoms with Crippen LogP contribution in [0.4, 0.5) is 0 Å². The molecule has 1 heterocycles. The van der Waals surface area contributed by atoms with E-state index < -0.39 is 11.9 Å². The second-order valence-electron chi connectivity index (χ2n) is 4.92. The third kappa shape index (κ3) is 6.62. The quantitative estimate of drug-likeness (QED) is 0.775. The summed E-state index contributed by atoms with van der Waals surface area (Å²) >= 11 is 0. The minimum Gasteiger partial charge on any atom is -0.377 e. The number of ketones is 1. The Morgan fingerprint density at radius 1 is 1.32 bits per heavy atom. The highest BCUT2D eigenvalue weighted by atomic mass is 16.5. The van der Waals surface area contributed by atoms with Gasteiger partial charge < -0.3 is 9.64 Å². The Bertz CT molecular complexity index is 471. The highest BCUT2D eigenvalue weighted by Crippen LogP contribution is 2.17. The second-order valence-corrected chi connectivity index (χ2v) is 4.92. The maximum Gasteiger partial charge on any atom is 0.249 e. The van der Waals surface area contributed by atoms with E-state index in [4.69, 9.17) is 0 Å². The fourth-order valence-electron chi connectivity index (χ4n) is 1.98. The van der Waals surface area contributed by atoms with Crippen LogP contribution < -0.4 is 5.32 Å². The lowest BCUT2D eigenvalue weighted by atomic mass is 10.0. The Kier molecular flexibility index (Phi) is 8.93. The minimum atomic E-state index is -0.564. The fourth-order valence-corrected chi connectivity index (χ4v) is 1.98. The number of carbonyl (C=O) groups is 4. The average molecular weight is 312 g/mol. The normalized spacial score (nSPS) is 18.0. The molecule has 0 saturated carbocycles. The summed E-state index contributed by atoms with van der Waals surface area (Å²) in [5.74, 6) is -0.793. The first-order valence-electron chi connectivity index (χ1n) is 6.99. The fraction of sp³-hybridized carbons (Fsp3) is 0.600. The molecule has 0 radical (unpaired) electrons. The van der Waals surface area contributed by atoms with Crippen LogP contribution in [-0.4, -0.2) is 48.2 Å². The van der Waals surface area contributed by atoms with E-state index in [-0.39, 0.29) is 30.6 Å². The van der Waals surface area contributed by atoms with E-state index in [0.717, 1.165) is 5.70 Å². The van der Waals surface area contributed by atoms with E-state index in [1.807, 2.05) is 0 Å². The van der Waals surface area contributed by atoms with Gasteiger partial charge >= 0.3 is 0 Å². The molecule has 7 nitrogen and oxygen atoms in total. The number of methoxy groups -OCH3 is 1. The van der Waals surface area contributed by atoms with E-state index in [0.29, 0.717) is 6.42 Å². The Morgan fingerprint density at radius 3 is 2.23 bits per heavy atom. The van der Waals surface area contributed by atoms with Gasteiger partial charge in [-0.3, -0.25) is 24.5 Å². The van der Waals surface area contributed by atoms with E-state index >= 15 is 0 Å². The number of nitrogens with one attached hydrogen (secondary N) is 1. The Labute approximate surface area is 130 Å². The number of allylic oxidation sites excluding steroid dienone is 2. The molecule has 3 amide bonds. The molecule has 1 saturated heterocycles. The number of carbonyl (C=O) groups excluding carboxylic acids is 4. The van der Waals surface area contributed by atoms with Crippen molar-refractivity contribution >= 4 is 23.5 Å². The van der Waals surface area contributed by atoms with Gasteiger partial charge in [-0.2, -0.15) is 0 Å². The van der Waals surface area contributed by atoms with Crippen molar-refractivity contribution in [3.63, 3.8) is 0 Å². The van der Waals surface area contributed by atoms with Crippen molar-refractivity contribution in [1.82, 2.24) is 10.2 Å². The number of piperidine rings is 1. The van der Waals surface area contributed by atoms with Crippen molar-refractivity contribution in [1.29, 1.82) is 0 Å². The maximum atomic E-state index is 11.6. The first-order valence-corrected chi connectivity index (χ1v) is 6.99. The van der Waals surface area contributed by atoms with Crippen molar-refractivity contribution < 1.29 is 23.9 Å². The molecular weight excluding hydrogens is 288 g/mol. The van der Waals surface area contributed by atoms with Crippen molar-refractivity contribution in [2.24, 2.45) is 0 Å². The third-order valence-electron chi connectivity index (χ3n) is 3.01. The number of hydrogen-bond donors (Lipinski definition) is 1. The van der Waals surface area contributed by atoms with E-state index in [1.54, 1.807) is 19.9 Å². The Morgan fingerprint density at radius 2 is 1.91 bits per heavy atom.